The van der Waals surface area contributed by atoms with Crippen molar-refractivity contribution < 1.29 is 10.2 Å². The zero-order valence-electron chi connectivity index (χ0n) is 16.9. The Labute approximate surface area is 178 Å². The predicted octanol–water partition coefficient (Wildman–Crippen LogP) is 2.84. The van der Waals surface area contributed by atoms with E-state index in [0.29, 0.717) is 32.6 Å². The molecule has 0 aliphatic carbocycles. The van der Waals surface area contributed by atoms with Gasteiger partial charge >= 0.3 is 0 Å². The van der Waals surface area contributed by atoms with Crippen molar-refractivity contribution in [3.63, 3.8) is 0 Å². The number of fused-ring (bicyclic) bond motifs is 4. The first kappa shape index (κ1) is 18.2. The molecule has 0 radical (unpaired) electrons. The van der Waals surface area contributed by atoms with Crippen LogP contribution in [-0.4, -0.2) is 33.9 Å². The molecule has 4 aromatic rings. The van der Waals surface area contributed by atoms with E-state index < -0.39 is 5.66 Å². The van der Waals surface area contributed by atoms with Gasteiger partial charge in [0, 0.05) is 42.5 Å². The highest BCUT2D eigenvalue weighted by atomic mass is 16.3. The normalized spacial score (nSPS) is 20.3. The molecule has 31 heavy (non-hydrogen) atoms. The van der Waals surface area contributed by atoms with Crippen molar-refractivity contribution in [3.05, 3.63) is 76.9 Å². The van der Waals surface area contributed by atoms with Crippen LogP contribution in [0.4, 0.5) is 5.69 Å². The summed E-state index contributed by atoms with van der Waals surface area (Å²) in [5, 5.41) is 25.5. The van der Waals surface area contributed by atoms with Gasteiger partial charge in [0.15, 0.2) is 5.66 Å². The minimum Gasteiger partial charge on any atom is -0.507 e. The predicted molar refractivity (Wildman–Crippen MR) is 121 cm³/mol. The van der Waals surface area contributed by atoms with Gasteiger partial charge in [-0.3, -0.25) is 14.9 Å². The summed E-state index contributed by atoms with van der Waals surface area (Å²) >= 11 is 0. The molecule has 1 fully saturated rings. The first-order valence-electron chi connectivity index (χ1n) is 10.5. The quantitative estimate of drug-likeness (QED) is 0.269. The standard InChI is InChI=1S/C25H22N4O2/c26-18-8-4-7-16-20(18)24(31)21-17(23(16)30)9-10-19-22(21)28-25(27-19)11-12-29(14-25)13-15-5-2-1-3-6-15/h1-10,30-31H,11-14,26H2. The summed E-state index contributed by atoms with van der Waals surface area (Å²) in [7, 11) is 0. The van der Waals surface area contributed by atoms with E-state index in [1.807, 2.05) is 12.1 Å². The highest BCUT2D eigenvalue weighted by Gasteiger charge is 2.39. The lowest BCUT2D eigenvalue weighted by molar-refractivity contribution is 0.306. The summed E-state index contributed by atoms with van der Waals surface area (Å²) in [6.07, 6.45) is 0.818. The molecule has 1 saturated heterocycles. The van der Waals surface area contributed by atoms with Crippen LogP contribution in [0.25, 0.3) is 21.5 Å². The minimum absolute atomic E-state index is 0.0490. The Balaban J connectivity index is 1.50. The highest BCUT2D eigenvalue weighted by Crippen LogP contribution is 2.42. The lowest BCUT2D eigenvalue weighted by atomic mass is 9.99. The average Bonchev–Trinajstić information content (AvgIpc) is 3.34. The molecular weight excluding hydrogens is 388 g/mol. The van der Waals surface area contributed by atoms with Crippen LogP contribution in [0.5, 0.6) is 11.5 Å². The van der Waals surface area contributed by atoms with E-state index >= 15 is 0 Å². The van der Waals surface area contributed by atoms with Gasteiger partial charge < -0.3 is 15.9 Å². The maximum Gasteiger partial charge on any atom is 0.165 e. The Morgan fingerprint density at radius 2 is 1.68 bits per heavy atom. The third-order valence-corrected chi connectivity index (χ3v) is 6.44. The van der Waals surface area contributed by atoms with Crippen molar-refractivity contribution in [2.75, 3.05) is 18.8 Å². The molecule has 0 aromatic heterocycles. The number of nitrogens with two attached hydrogens (primary N) is 1. The molecule has 1 unspecified atom stereocenters. The molecule has 1 spiro atoms. The largest absolute Gasteiger partial charge is 0.507 e. The molecule has 6 heteroatoms. The van der Waals surface area contributed by atoms with Crippen LogP contribution in [0.2, 0.25) is 0 Å². The van der Waals surface area contributed by atoms with Crippen molar-refractivity contribution in [1.82, 2.24) is 4.90 Å². The Morgan fingerprint density at radius 1 is 0.871 bits per heavy atom. The fourth-order valence-electron chi connectivity index (χ4n) is 4.99. The zero-order valence-corrected chi connectivity index (χ0v) is 16.9. The lowest BCUT2D eigenvalue weighted by Gasteiger charge is -2.19. The molecule has 0 amide bonds. The maximum atomic E-state index is 11.2. The molecule has 2 heterocycles. The Hall–Kier alpha value is -3.64. The summed E-state index contributed by atoms with van der Waals surface area (Å²) in [4.78, 5) is 12.3. The van der Waals surface area contributed by atoms with E-state index in [9.17, 15) is 10.2 Å². The molecule has 2 aliphatic rings. The van der Waals surface area contributed by atoms with Crippen molar-refractivity contribution in [2.45, 2.75) is 18.6 Å². The SMILES string of the molecule is Nc1cccc2c(O)c3ccc4c(c3c(O)c12)=NC1(CCN(Cc2ccccc2)C1)N=4. The van der Waals surface area contributed by atoms with Gasteiger partial charge in [0.05, 0.1) is 21.5 Å². The van der Waals surface area contributed by atoms with Gasteiger partial charge in [-0.2, -0.15) is 0 Å². The Kier molecular flexibility index (Phi) is 3.76. The lowest BCUT2D eigenvalue weighted by Crippen LogP contribution is -2.29. The second-order valence-corrected chi connectivity index (χ2v) is 8.48. The van der Waals surface area contributed by atoms with E-state index in [-0.39, 0.29) is 11.5 Å². The molecule has 1 atom stereocenters. The molecular formula is C25H22N4O2. The van der Waals surface area contributed by atoms with Gasteiger partial charge in [-0.25, -0.2) is 0 Å². The molecule has 6 rings (SSSR count). The van der Waals surface area contributed by atoms with E-state index in [1.54, 1.807) is 24.3 Å². The zero-order chi connectivity index (χ0) is 21.2. The average molecular weight is 410 g/mol. The highest BCUT2D eigenvalue weighted by molar-refractivity contribution is 6.14. The number of aromatic hydroxyl groups is 2. The van der Waals surface area contributed by atoms with Crippen molar-refractivity contribution in [2.24, 2.45) is 9.98 Å². The topological polar surface area (TPSA) is 94.4 Å². The molecule has 4 aromatic carbocycles. The van der Waals surface area contributed by atoms with Gasteiger partial charge in [-0.15, -0.1) is 0 Å². The molecule has 2 aliphatic heterocycles. The van der Waals surface area contributed by atoms with Crippen molar-refractivity contribution >= 4 is 27.2 Å². The second kappa shape index (κ2) is 6.43. The van der Waals surface area contributed by atoms with E-state index in [2.05, 4.69) is 29.2 Å². The third-order valence-electron chi connectivity index (χ3n) is 6.44. The number of benzene rings is 4. The number of phenolic OH excluding ortho intramolecular Hbond substituents is 2. The van der Waals surface area contributed by atoms with Gasteiger partial charge in [0.25, 0.3) is 0 Å². The van der Waals surface area contributed by atoms with Gasteiger partial charge in [0.2, 0.25) is 0 Å². The first-order chi connectivity index (χ1) is 15.0. The first-order valence-corrected chi connectivity index (χ1v) is 10.5. The number of hydrogen-bond acceptors (Lipinski definition) is 6. The van der Waals surface area contributed by atoms with Crippen LogP contribution in [0.3, 0.4) is 0 Å². The van der Waals surface area contributed by atoms with Gasteiger partial charge in [-0.1, -0.05) is 42.5 Å². The number of nitrogens with zero attached hydrogens (tertiary/aromatic N) is 3. The molecule has 6 nitrogen and oxygen atoms in total. The van der Waals surface area contributed by atoms with E-state index in [0.717, 1.165) is 31.4 Å². The number of hydrogen-bond donors (Lipinski definition) is 3. The summed E-state index contributed by atoms with van der Waals surface area (Å²) in [5.41, 5.74) is 7.28. The van der Waals surface area contributed by atoms with Crippen LogP contribution in [0.15, 0.2) is 70.6 Å². The maximum absolute atomic E-state index is 11.2. The van der Waals surface area contributed by atoms with Crippen molar-refractivity contribution in [3.8, 4) is 11.5 Å². The number of anilines is 1. The number of nitrogen functional groups attached to an aromatic ring is 1. The minimum atomic E-state index is -0.551. The fourth-order valence-corrected chi connectivity index (χ4v) is 4.99. The summed E-state index contributed by atoms with van der Waals surface area (Å²) in [6, 6.07) is 19.3. The van der Waals surface area contributed by atoms with E-state index in [4.69, 9.17) is 15.7 Å². The third kappa shape index (κ3) is 2.68. The van der Waals surface area contributed by atoms with Crippen LogP contribution in [0.1, 0.15) is 12.0 Å². The summed E-state index contributed by atoms with van der Waals surface area (Å²) < 4.78 is 0. The van der Waals surface area contributed by atoms with Gasteiger partial charge in [-0.05, 0) is 23.8 Å². The van der Waals surface area contributed by atoms with Crippen molar-refractivity contribution in [1.29, 1.82) is 0 Å². The van der Waals surface area contributed by atoms with Gasteiger partial charge in [0.1, 0.15) is 11.5 Å². The summed E-state index contributed by atoms with van der Waals surface area (Å²) in [6.45, 7) is 2.49. The second-order valence-electron chi connectivity index (χ2n) is 8.48. The van der Waals surface area contributed by atoms with Crippen LogP contribution < -0.4 is 16.4 Å². The monoisotopic (exact) mass is 410 g/mol. The Morgan fingerprint density at radius 3 is 2.52 bits per heavy atom. The van der Waals surface area contributed by atoms with Crippen LogP contribution in [-0.2, 0) is 6.54 Å². The smallest absolute Gasteiger partial charge is 0.165 e. The number of phenols is 2. The Bertz CT molecular complexity index is 1480. The van der Waals surface area contributed by atoms with Crippen LogP contribution >= 0.6 is 0 Å². The number of likely N-dealkylation sites (tertiary alicyclic amines) is 1. The molecule has 154 valence electrons. The molecule has 0 bridgehead atoms. The summed E-state index contributed by atoms with van der Waals surface area (Å²) in [5.74, 6) is 0.152. The molecule has 4 N–H and O–H groups in total. The van der Waals surface area contributed by atoms with E-state index in [1.165, 1.54) is 5.56 Å². The number of rotatable bonds is 2. The fraction of sp³-hybridized carbons (Fsp3) is 0.200. The van der Waals surface area contributed by atoms with Crippen LogP contribution in [0, 0.1) is 0 Å². The molecule has 0 saturated carbocycles.